The first kappa shape index (κ1) is 13.6. The van der Waals surface area contributed by atoms with E-state index in [1.165, 1.54) is 31.2 Å². The fourth-order valence-electron chi connectivity index (χ4n) is 2.72. The molecule has 1 aromatic rings. The lowest BCUT2D eigenvalue weighted by Crippen LogP contribution is -2.38. The van der Waals surface area contributed by atoms with Crippen LogP contribution in [0.2, 0.25) is 0 Å². The highest BCUT2D eigenvalue weighted by molar-refractivity contribution is 5.17. The molecule has 1 saturated carbocycles. The maximum absolute atomic E-state index is 6.24. The van der Waals surface area contributed by atoms with Gasteiger partial charge in [-0.05, 0) is 44.7 Å². The van der Waals surface area contributed by atoms with Crippen molar-refractivity contribution < 1.29 is 4.74 Å². The Kier molecular flexibility index (Phi) is 5.21. The SMILES string of the molecule is CCCNC1CCCC1OC(C)c1ccccc1. The van der Waals surface area contributed by atoms with Crippen LogP contribution in [-0.4, -0.2) is 18.7 Å². The predicted molar refractivity (Wildman–Crippen MR) is 75.7 cm³/mol. The lowest BCUT2D eigenvalue weighted by molar-refractivity contribution is -0.0131. The monoisotopic (exact) mass is 247 g/mol. The van der Waals surface area contributed by atoms with Crippen LogP contribution in [-0.2, 0) is 4.74 Å². The molecule has 3 unspecified atom stereocenters. The molecule has 0 radical (unpaired) electrons. The topological polar surface area (TPSA) is 21.3 Å². The maximum atomic E-state index is 6.24. The molecule has 100 valence electrons. The number of ether oxygens (including phenoxy) is 1. The fraction of sp³-hybridized carbons (Fsp3) is 0.625. The molecule has 2 rings (SSSR count). The van der Waals surface area contributed by atoms with Crippen molar-refractivity contribution in [2.75, 3.05) is 6.54 Å². The largest absolute Gasteiger partial charge is 0.369 e. The van der Waals surface area contributed by atoms with Crippen LogP contribution in [0.4, 0.5) is 0 Å². The minimum absolute atomic E-state index is 0.195. The normalized spacial score (nSPS) is 25.2. The molecule has 0 spiro atoms. The second-order valence-electron chi connectivity index (χ2n) is 5.22. The number of nitrogens with one attached hydrogen (secondary N) is 1. The second-order valence-corrected chi connectivity index (χ2v) is 5.22. The summed E-state index contributed by atoms with van der Waals surface area (Å²) in [5.41, 5.74) is 1.28. The summed E-state index contributed by atoms with van der Waals surface area (Å²) >= 11 is 0. The van der Waals surface area contributed by atoms with E-state index >= 15 is 0 Å². The Morgan fingerprint density at radius 3 is 2.78 bits per heavy atom. The van der Waals surface area contributed by atoms with Gasteiger partial charge in [0.15, 0.2) is 0 Å². The van der Waals surface area contributed by atoms with E-state index in [1.807, 2.05) is 0 Å². The van der Waals surface area contributed by atoms with Crippen molar-refractivity contribution in [2.24, 2.45) is 0 Å². The van der Waals surface area contributed by atoms with Gasteiger partial charge in [-0.15, -0.1) is 0 Å². The van der Waals surface area contributed by atoms with Crippen LogP contribution in [0.15, 0.2) is 30.3 Å². The molecular weight excluding hydrogens is 222 g/mol. The Morgan fingerprint density at radius 1 is 1.28 bits per heavy atom. The zero-order valence-electron chi connectivity index (χ0n) is 11.6. The van der Waals surface area contributed by atoms with Crippen LogP contribution >= 0.6 is 0 Å². The molecule has 2 heteroatoms. The van der Waals surface area contributed by atoms with Gasteiger partial charge in [0, 0.05) is 6.04 Å². The van der Waals surface area contributed by atoms with E-state index in [4.69, 9.17) is 4.74 Å². The zero-order chi connectivity index (χ0) is 12.8. The molecule has 1 N–H and O–H groups in total. The minimum atomic E-state index is 0.195. The average molecular weight is 247 g/mol. The lowest BCUT2D eigenvalue weighted by Gasteiger charge is -2.25. The highest BCUT2D eigenvalue weighted by Gasteiger charge is 2.28. The van der Waals surface area contributed by atoms with Crippen LogP contribution in [0, 0.1) is 0 Å². The first-order chi connectivity index (χ1) is 8.81. The minimum Gasteiger partial charge on any atom is -0.369 e. The van der Waals surface area contributed by atoms with Gasteiger partial charge < -0.3 is 10.1 Å². The lowest BCUT2D eigenvalue weighted by atomic mass is 10.1. The summed E-state index contributed by atoms with van der Waals surface area (Å²) in [5, 5.41) is 3.61. The molecule has 0 amide bonds. The van der Waals surface area contributed by atoms with Gasteiger partial charge in [-0.1, -0.05) is 37.3 Å². The summed E-state index contributed by atoms with van der Waals surface area (Å²) < 4.78 is 6.24. The summed E-state index contributed by atoms with van der Waals surface area (Å²) in [4.78, 5) is 0. The molecule has 0 aromatic heterocycles. The van der Waals surface area contributed by atoms with Crippen LogP contribution < -0.4 is 5.32 Å². The molecule has 1 aliphatic carbocycles. The summed E-state index contributed by atoms with van der Waals surface area (Å²) in [6, 6.07) is 11.1. The first-order valence-corrected chi connectivity index (χ1v) is 7.25. The van der Waals surface area contributed by atoms with E-state index in [9.17, 15) is 0 Å². The Hall–Kier alpha value is -0.860. The van der Waals surface area contributed by atoms with Crippen molar-refractivity contribution in [3.63, 3.8) is 0 Å². The van der Waals surface area contributed by atoms with Gasteiger partial charge in [0.25, 0.3) is 0 Å². The van der Waals surface area contributed by atoms with Crippen LogP contribution in [0.3, 0.4) is 0 Å². The summed E-state index contributed by atoms with van der Waals surface area (Å²) in [7, 11) is 0. The van der Waals surface area contributed by atoms with E-state index in [0.29, 0.717) is 12.1 Å². The highest BCUT2D eigenvalue weighted by atomic mass is 16.5. The maximum Gasteiger partial charge on any atom is 0.0801 e. The van der Waals surface area contributed by atoms with Crippen molar-refractivity contribution in [1.29, 1.82) is 0 Å². The molecule has 18 heavy (non-hydrogen) atoms. The molecular formula is C16H25NO. The zero-order valence-corrected chi connectivity index (χ0v) is 11.6. The number of hydrogen-bond donors (Lipinski definition) is 1. The number of hydrogen-bond acceptors (Lipinski definition) is 2. The molecule has 3 atom stereocenters. The first-order valence-electron chi connectivity index (χ1n) is 7.25. The standard InChI is InChI=1S/C16H25NO/c1-3-12-17-15-10-7-11-16(15)18-13(2)14-8-5-4-6-9-14/h4-6,8-9,13,15-17H,3,7,10-12H2,1-2H3. The third-order valence-corrected chi connectivity index (χ3v) is 3.76. The molecule has 0 saturated heterocycles. The van der Waals surface area contributed by atoms with Gasteiger partial charge >= 0.3 is 0 Å². The third-order valence-electron chi connectivity index (χ3n) is 3.76. The Labute approximate surface area is 111 Å². The van der Waals surface area contributed by atoms with Crippen LogP contribution in [0.1, 0.15) is 51.2 Å². The van der Waals surface area contributed by atoms with E-state index in [1.54, 1.807) is 0 Å². The smallest absolute Gasteiger partial charge is 0.0801 e. The third kappa shape index (κ3) is 3.56. The van der Waals surface area contributed by atoms with Crippen molar-refractivity contribution in [2.45, 2.75) is 57.8 Å². The summed E-state index contributed by atoms with van der Waals surface area (Å²) in [6.45, 7) is 5.47. The second kappa shape index (κ2) is 6.91. The van der Waals surface area contributed by atoms with Crippen molar-refractivity contribution in [3.05, 3.63) is 35.9 Å². The Bertz CT molecular complexity index is 338. The quantitative estimate of drug-likeness (QED) is 0.828. The average Bonchev–Trinajstić information content (AvgIpc) is 2.84. The van der Waals surface area contributed by atoms with Gasteiger partial charge in [0.2, 0.25) is 0 Å². The number of rotatable bonds is 6. The van der Waals surface area contributed by atoms with Gasteiger partial charge in [0.1, 0.15) is 0 Å². The Morgan fingerprint density at radius 2 is 2.06 bits per heavy atom. The van der Waals surface area contributed by atoms with E-state index < -0.39 is 0 Å². The van der Waals surface area contributed by atoms with Gasteiger partial charge in [-0.2, -0.15) is 0 Å². The molecule has 2 nitrogen and oxygen atoms in total. The molecule has 1 fully saturated rings. The van der Waals surface area contributed by atoms with Gasteiger partial charge in [-0.25, -0.2) is 0 Å². The van der Waals surface area contributed by atoms with Crippen molar-refractivity contribution in [1.82, 2.24) is 5.32 Å². The Balaban J connectivity index is 1.88. The highest BCUT2D eigenvalue weighted by Crippen LogP contribution is 2.28. The fourth-order valence-corrected chi connectivity index (χ4v) is 2.72. The molecule has 0 heterocycles. The summed E-state index contributed by atoms with van der Waals surface area (Å²) in [6.07, 6.45) is 5.50. The van der Waals surface area contributed by atoms with Crippen molar-refractivity contribution in [3.8, 4) is 0 Å². The molecule has 1 aliphatic rings. The number of benzene rings is 1. The van der Waals surface area contributed by atoms with E-state index in [-0.39, 0.29) is 6.10 Å². The predicted octanol–water partition coefficient (Wildman–Crippen LogP) is 3.68. The van der Waals surface area contributed by atoms with Gasteiger partial charge in [0.05, 0.1) is 12.2 Å². The van der Waals surface area contributed by atoms with E-state index in [2.05, 4.69) is 49.5 Å². The molecule has 0 bridgehead atoms. The van der Waals surface area contributed by atoms with Gasteiger partial charge in [-0.3, -0.25) is 0 Å². The molecule has 0 aliphatic heterocycles. The van der Waals surface area contributed by atoms with E-state index in [0.717, 1.165) is 6.54 Å². The van der Waals surface area contributed by atoms with Crippen LogP contribution in [0.25, 0.3) is 0 Å². The van der Waals surface area contributed by atoms with Crippen LogP contribution in [0.5, 0.6) is 0 Å². The molecule has 1 aromatic carbocycles. The summed E-state index contributed by atoms with van der Waals surface area (Å²) in [5.74, 6) is 0. The van der Waals surface area contributed by atoms with Crippen molar-refractivity contribution >= 4 is 0 Å².